The van der Waals surface area contributed by atoms with Crippen molar-refractivity contribution in [2.45, 2.75) is 25.2 Å². The lowest BCUT2D eigenvalue weighted by molar-refractivity contribution is -0.143. The predicted molar refractivity (Wildman–Crippen MR) is 130 cm³/mol. The summed E-state index contributed by atoms with van der Waals surface area (Å²) in [6.45, 7) is 4.72. The molecule has 1 aromatic heterocycles. The van der Waals surface area contributed by atoms with E-state index >= 15 is 0 Å². The Hall–Kier alpha value is -3.46. The minimum atomic E-state index is -1.26. The molecule has 1 unspecified atom stereocenters. The zero-order chi connectivity index (χ0) is 25.0. The molecule has 0 bridgehead atoms. The van der Waals surface area contributed by atoms with Crippen LogP contribution in [0.2, 0.25) is 0 Å². The van der Waals surface area contributed by atoms with Gasteiger partial charge in [0.15, 0.2) is 0 Å². The van der Waals surface area contributed by atoms with Crippen LogP contribution in [0.15, 0.2) is 42.5 Å². The van der Waals surface area contributed by atoms with E-state index in [9.17, 15) is 14.4 Å². The Morgan fingerprint density at radius 3 is 2.49 bits per heavy atom. The normalized spacial score (nSPS) is 20.5. The van der Waals surface area contributed by atoms with E-state index in [1.807, 2.05) is 25.1 Å². The summed E-state index contributed by atoms with van der Waals surface area (Å²) in [6.07, 6.45) is -0.126. The number of methoxy groups -OCH3 is 2. The molecule has 2 fully saturated rings. The molecule has 0 radical (unpaired) electrons. The van der Waals surface area contributed by atoms with E-state index in [0.29, 0.717) is 37.5 Å². The predicted octanol–water partition coefficient (Wildman–Crippen LogP) is 1.78. The van der Waals surface area contributed by atoms with E-state index in [4.69, 9.17) is 9.47 Å². The Morgan fingerprint density at radius 2 is 1.80 bits per heavy atom. The quantitative estimate of drug-likeness (QED) is 0.532. The highest BCUT2D eigenvalue weighted by Crippen LogP contribution is 2.41. The van der Waals surface area contributed by atoms with Crippen molar-refractivity contribution in [3.63, 3.8) is 0 Å². The number of likely N-dealkylation sites (tertiary alicyclic amines) is 1. The number of piperazine rings is 1. The minimum absolute atomic E-state index is 0.0539. The molecule has 0 saturated carbocycles. The molecule has 1 atom stereocenters. The number of rotatable bonds is 8. The molecular formula is C26H32N4O5. The van der Waals surface area contributed by atoms with E-state index in [2.05, 4.69) is 9.88 Å². The molecule has 2 aliphatic heterocycles. The third-order valence-electron chi connectivity index (χ3n) is 6.83. The SMILES string of the molecule is COCCN1C(=O)CC(CC(=O)N2CCN(c3cccc(C)n3)CC2)(c2cccc(OC)c2)C1=O. The van der Waals surface area contributed by atoms with Gasteiger partial charge in [-0.1, -0.05) is 18.2 Å². The Bertz CT molecular complexity index is 1100. The lowest BCUT2D eigenvalue weighted by Gasteiger charge is -2.37. The highest BCUT2D eigenvalue weighted by Gasteiger charge is 2.54. The van der Waals surface area contributed by atoms with Crippen molar-refractivity contribution < 1.29 is 23.9 Å². The number of aromatic nitrogens is 1. The van der Waals surface area contributed by atoms with E-state index in [1.54, 1.807) is 36.3 Å². The van der Waals surface area contributed by atoms with E-state index in [-0.39, 0.29) is 43.7 Å². The topological polar surface area (TPSA) is 92.3 Å². The van der Waals surface area contributed by atoms with Gasteiger partial charge in [0, 0.05) is 51.8 Å². The Balaban J connectivity index is 1.54. The van der Waals surface area contributed by atoms with Gasteiger partial charge in [-0.25, -0.2) is 4.98 Å². The molecular weight excluding hydrogens is 448 g/mol. The number of nitrogens with zero attached hydrogens (tertiary/aromatic N) is 4. The van der Waals surface area contributed by atoms with E-state index in [0.717, 1.165) is 11.5 Å². The first-order valence-corrected chi connectivity index (χ1v) is 11.8. The molecule has 2 aliphatic rings. The van der Waals surface area contributed by atoms with E-state index in [1.165, 1.54) is 12.0 Å². The Kier molecular flexibility index (Phi) is 7.35. The number of imide groups is 1. The van der Waals surface area contributed by atoms with Crippen molar-refractivity contribution in [2.24, 2.45) is 0 Å². The zero-order valence-electron chi connectivity index (χ0n) is 20.5. The first-order chi connectivity index (χ1) is 16.9. The van der Waals surface area contributed by atoms with Crippen LogP contribution in [0.3, 0.4) is 0 Å². The maximum atomic E-state index is 13.7. The van der Waals surface area contributed by atoms with Gasteiger partial charge in [-0.05, 0) is 36.8 Å². The molecule has 186 valence electrons. The number of amides is 3. The van der Waals surface area contributed by atoms with Crippen LogP contribution >= 0.6 is 0 Å². The monoisotopic (exact) mass is 480 g/mol. The maximum absolute atomic E-state index is 13.7. The van der Waals surface area contributed by atoms with Crippen LogP contribution in [-0.4, -0.2) is 86.1 Å². The molecule has 3 amide bonds. The van der Waals surface area contributed by atoms with Gasteiger partial charge in [0.1, 0.15) is 11.6 Å². The number of pyridine rings is 1. The van der Waals surface area contributed by atoms with Crippen molar-refractivity contribution >= 4 is 23.5 Å². The number of hydrogen-bond donors (Lipinski definition) is 0. The molecule has 35 heavy (non-hydrogen) atoms. The molecule has 3 heterocycles. The highest BCUT2D eigenvalue weighted by molar-refractivity contribution is 6.10. The molecule has 9 heteroatoms. The summed E-state index contributed by atoms with van der Waals surface area (Å²) in [4.78, 5) is 49.8. The molecule has 0 aliphatic carbocycles. The smallest absolute Gasteiger partial charge is 0.240 e. The van der Waals surface area contributed by atoms with Crippen molar-refractivity contribution in [3.8, 4) is 5.75 Å². The number of aryl methyl sites for hydroxylation is 1. The summed E-state index contributed by atoms with van der Waals surface area (Å²) in [5.41, 5.74) is 0.306. The molecule has 0 N–H and O–H groups in total. The fourth-order valence-electron chi connectivity index (χ4n) is 4.86. The summed E-state index contributed by atoms with van der Waals surface area (Å²) >= 11 is 0. The second-order valence-electron chi connectivity index (χ2n) is 9.02. The summed E-state index contributed by atoms with van der Waals surface area (Å²) in [6, 6.07) is 13.0. The largest absolute Gasteiger partial charge is 0.497 e. The van der Waals surface area contributed by atoms with Gasteiger partial charge in [-0.15, -0.1) is 0 Å². The second kappa shape index (κ2) is 10.4. The average molecular weight is 481 g/mol. The van der Waals surface area contributed by atoms with Crippen molar-refractivity contribution in [1.82, 2.24) is 14.8 Å². The fraction of sp³-hybridized carbons (Fsp3) is 0.462. The second-order valence-corrected chi connectivity index (χ2v) is 9.02. The molecule has 4 rings (SSSR count). The number of anilines is 1. The molecule has 2 aromatic rings. The number of hydrogen-bond acceptors (Lipinski definition) is 7. The Morgan fingerprint density at radius 1 is 1.06 bits per heavy atom. The van der Waals surface area contributed by atoms with Gasteiger partial charge < -0.3 is 19.3 Å². The Labute approximate surface area is 205 Å². The van der Waals surface area contributed by atoms with Crippen LogP contribution < -0.4 is 9.64 Å². The zero-order valence-corrected chi connectivity index (χ0v) is 20.5. The summed E-state index contributed by atoms with van der Waals surface area (Å²) < 4.78 is 10.5. The maximum Gasteiger partial charge on any atom is 0.240 e. The number of ether oxygens (including phenoxy) is 2. The minimum Gasteiger partial charge on any atom is -0.497 e. The van der Waals surface area contributed by atoms with Crippen LogP contribution in [0.1, 0.15) is 24.1 Å². The van der Waals surface area contributed by atoms with Crippen LogP contribution in [-0.2, 0) is 24.5 Å². The third-order valence-corrected chi connectivity index (χ3v) is 6.83. The third kappa shape index (κ3) is 5.00. The van der Waals surface area contributed by atoms with Gasteiger partial charge in [0.25, 0.3) is 0 Å². The van der Waals surface area contributed by atoms with Crippen LogP contribution in [0.4, 0.5) is 5.82 Å². The van der Waals surface area contributed by atoms with Gasteiger partial charge >= 0.3 is 0 Å². The molecule has 2 saturated heterocycles. The van der Waals surface area contributed by atoms with Gasteiger partial charge in [-0.3, -0.25) is 19.3 Å². The van der Waals surface area contributed by atoms with E-state index < -0.39 is 5.41 Å². The summed E-state index contributed by atoms with van der Waals surface area (Å²) in [5, 5.41) is 0. The van der Waals surface area contributed by atoms with Crippen molar-refractivity contribution in [2.75, 3.05) is 58.5 Å². The number of carbonyl (C=O) groups excluding carboxylic acids is 3. The standard InChI is InChI=1S/C26H32N4O5/c1-19-6-4-9-22(27-19)28-10-12-29(13-11-28)23(31)17-26(20-7-5-8-21(16-20)35-3)18-24(32)30(25(26)33)14-15-34-2/h4-9,16H,10-15,17-18H2,1-3H3. The lowest BCUT2D eigenvalue weighted by atomic mass is 9.75. The first kappa shape index (κ1) is 24.7. The number of benzene rings is 1. The molecule has 0 spiro atoms. The number of carbonyl (C=O) groups is 3. The van der Waals surface area contributed by atoms with Crippen LogP contribution in [0, 0.1) is 6.92 Å². The molecule has 9 nitrogen and oxygen atoms in total. The lowest BCUT2D eigenvalue weighted by Crippen LogP contribution is -2.51. The highest BCUT2D eigenvalue weighted by atomic mass is 16.5. The van der Waals surface area contributed by atoms with Crippen LogP contribution in [0.25, 0.3) is 0 Å². The average Bonchev–Trinajstić information content (AvgIpc) is 3.12. The van der Waals surface area contributed by atoms with Gasteiger partial charge in [0.2, 0.25) is 17.7 Å². The van der Waals surface area contributed by atoms with Crippen molar-refractivity contribution in [1.29, 1.82) is 0 Å². The molecule has 1 aromatic carbocycles. The fourth-order valence-corrected chi connectivity index (χ4v) is 4.86. The summed E-state index contributed by atoms with van der Waals surface area (Å²) in [5.74, 6) is 0.681. The van der Waals surface area contributed by atoms with Gasteiger partial charge in [-0.2, -0.15) is 0 Å². The van der Waals surface area contributed by atoms with Crippen LogP contribution in [0.5, 0.6) is 5.75 Å². The van der Waals surface area contributed by atoms with Gasteiger partial charge in [0.05, 0.1) is 25.7 Å². The first-order valence-electron chi connectivity index (χ1n) is 11.8. The van der Waals surface area contributed by atoms with Crippen molar-refractivity contribution in [3.05, 3.63) is 53.7 Å². The summed E-state index contributed by atoms with van der Waals surface area (Å²) in [7, 11) is 3.07.